The molecule has 0 atom stereocenters. The minimum atomic E-state index is -0.0544. The summed E-state index contributed by atoms with van der Waals surface area (Å²) in [5.41, 5.74) is 0.805. The Morgan fingerprint density at radius 2 is 1.96 bits per heavy atom. The van der Waals surface area contributed by atoms with Gasteiger partial charge in [0.1, 0.15) is 0 Å². The smallest absolute Gasteiger partial charge is 0.234 e. The van der Waals surface area contributed by atoms with E-state index in [-0.39, 0.29) is 5.91 Å². The molecule has 0 radical (unpaired) electrons. The molecule has 1 aromatic heterocycles. The maximum Gasteiger partial charge on any atom is 0.234 e. The summed E-state index contributed by atoms with van der Waals surface area (Å²) in [4.78, 5) is 12.3. The number of anilines is 1. The lowest BCUT2D eigenvalue weighted by molar-refractivity contribution is -0.113. The number of amides is 1. The standard InChI is InChI=1S/C18H19N5OS/c24-17(19-15-10-9-13-5-1-2-6-14(13)11-15)12-25-18-20-21-22-23(18)16-7-3-4-8-16/h1-2,5-6,9-11,16H,3-4,7-8,12H2,(H,19,24). The molecule has 2 aromatic carbocycles. The lowest BCUT2D eigenvalue weighted by atomic mass is 10.1. The molecular formula is C18H19N5OS. The molecule has 25 heavy (non-hydrogen) atoms. The highest BCUT2D eigenvalue weighted by Crippen LogP contribution is 2.31. The molecule has 1 heterocycles. The Balaban J connectivity index is 1.38. The molecule has 4 rings (SSSR count). The number of nitrogens with zero attached hydrogens (tertiary/aromatic N) is 4. The molecule has 128 valence electrons. The van der Waals surface area contributed by atoms with Crippen molar-refractivity contribution < 1.29 is 4.79 Å². The Morgan fingerprint density at radius 3 is 2.80 bits per heavy atom. The lowest BCUT2D eigenvalue weighted by Crippen LogP contribution is -2.15. The summed E-state index contributed by atoms with van der Waals surface area (Å²) in [6, 6.07) is 14.4. The molecule has 0 spiro atoms. The van der Waals surface area contributed by atoms with Crippen LogP contribution in [0.25, 0.3) is 10.8 Å². The van der Waals surface area contributed by atoms with E-state index in [0.717, 1.165) is 34.5 Å². The first-order chi connectivity index (χ1) is 12.3. The Morgan fingerprint density at radius 1 is 1.16 bits per heavy atom. The average Bonchev–Trinajstić information content (AvgIpc) is 3.31. The van der Waals surface area contributed by atoms with Gasteiger partial charge in [-0.1, -0.05) is 54.9 Å². The number of hydrogen-bond acceptors (Lipinski definition) is 5. The van der Waals surface area contributed by atoms with Gasteiger partial charge in [0.25, 0.3) is 0 Å². The second-order valence-electron chi connectivity index (χ2n) is 6.24. The zero-order chi connectivity index (χ0) is 17.1. The van der Waals surface area contributed by atoms with Gasteiger partial charge in [-0.3, -0.25) is 4.79 Å². The molecule has 0 unspecified atom stereocenters. The van der Waals surface area contributed by atoms with Crippen molar-refractivity contribution in [2.75, 3.05) is 11.1 Å². The number of nitrogens with one attached hydrogen (secondary N) is 1. The molecule has 0 saturated heterocycles. The van der Waals surface area contributed by atoms with Gasteiger partial charge in [0.15, 0.2) is 0 Å². The summed E-state index contributed by atoms with van der Waals surface area (Å²) in [6.07, 6.45) is 4.66. The fourth-order valence-corrected chi connectivity index (χ4v) is 4.00. The van der Waals surface area contributed by atoms with Gasteiger partial charge < -0.3 is 5.32 Å². The van der Waals surface area contributed by atoms with Gasteiger partial charge in [-0.15, -0.1) is 5.10 Å². The fourth-order valence-electron chi connectivity index (χ4n) is 3.25. The van der Waals surface area contributed by atoms with E-state index in [2.05, 4.69) is 26.9 Å². The third-order valence-corrected chi connectivity index (χ3v) is 5.43. The number of carbonyl (C=O) groups excluding carboxylic acids is 1. The van der Waals surface area contributed by atoms with E-state index in [1.54, 1.807) is 0 Å². The molecule has 1 amide bonds. The van der Waals surface area contributed by atoms with Crippen LogP contribution in [0.3, 0.4) is 0 Å². The number of aromatic nitrogens is 4. The van der Waals surface area contributed by atoms with E-state index < -0.39 is 0 Å². The zero-order valence-corrected chi connectivity index (χ0v) is 14.6. The van der Waals surface area contributed by atoms with E-state index in [1.807, 2.05) is 41.1 Å². The molecule has 1 aliphatic carbocycles. The molecule has 0 aliphatic heterocycles. The second-order valence-corrected chi connectivity index (χ2v) is 7.19. The van der Waals surface area contributed by atoms with E-state index in [1.165, 1.54) is 24.6 Å². The van der Waals surface area contributed by atoms with Crippen LogP contribution in [-0.4, -0.2) is 31.9 Å². The number of rotatable bonds is 5. The molecule has 1 N–H and O–H groups in total. The van der Waals surface area contributed by atoms with Gasteiger partial charge in [0.05, 0.1) is 11.8 Å². The summed E-state index contributed by atoms with van der Waals surface area (Å²) in [7, 11) is 0. The highest BCUT2D eigenvalue weighted by atomic mass is 32.2. The molecule has 7 heteroatoms. The third kappa shape index (κ3) is 3.66. The Bertz CT molecular complexity index is 888. The lowest BCUT2D eigenvalue weighted by Gasteiger charge is -2.11. The molecule has 1 aliphatic rings. The van der Waals surface area contributed by atoms with Gasteiger partial charge in [0.2, 0.25) is 11.1 Å². The first-order valence-corrected chi connectivity index (χ1v) is 9.47. The summed E-state index contributed by atoms with van der Waals surface area (Å²) in [6.45, 7) is 0. The second kappa shape index (κ2) is 7.23. The minimum absolute atomic E-state index is 0.0544. The molecule has 1 fully saturated rings. The largest absolute Gasteiger partial charge is 0.325 e. The van der Waals surface area contributed by atoms with E-state index in [0.29, 0.717) is 11.8 Å². The van der Waals surface area contributed by atoms with Gasteiger partial charge in [-0.05, 0) is 46.2 Å². The quantitative estimate of drug-likeness (QED) is 0.709. The van der Waals surface area contributed by atoms with Gasteiger partial charge >= 0.3 is 0 Å². The zero-order valence-electron chi connectivity index (χ0n) is 13.8. The predicted molar refractivity (Wildman–Crippen MR) is 98.6 cm³/mol. The number of benzene rings is 2. The number of carbonyl (C=O) groups is 1. The van der Waals surface area contributed by atoms with Crippen molar-refractivity contribution in [1.82, 2.24) is 20.2 Å². The Kier molecular flexibility index (Phi) is 4.65. The van der Waals surface area contributed by atoms with Crippen LogP contribution in [0.5, 0.6) is 0 Å². The topological polar surface area (TPSA) is 72.7 Å². The molecular weight excluding hydrogens is 334 g/mol. The van der Waals surface area contributed by atoms with Gasteiger partial charge in [-0.2, -0.15) is 0 Å². The first kappa shape index (κ1) is 16.1. The summed E-state index contributed by atoms with van der Waals surface area (Å²) in [5, 5.41) is 17.9. The van der Waals surface area contributed by atoms with Crippen LogP contribution in [0.15, 0.2) is 47.6 Å². The van der Waals surface area contributed by atoms with Crippen molar-refractivity contribution in [2.45, 2.75) is 36.9 Å². The van der Waals surface area contributed by atoms with Crippen LogP contribution in [-0.2, 0) is 4.79 Å². The van der Waals surface area contributed by atoms with Crippen LogP contribution in [0.1, 0.15) is 31.7 Å². The van der Waals surface area contributed by atoms with Crippen molar-refractivity contribution in [2.24, 2.45) is 0 Å². The highest BCUT2D eigenvalue weighted by molar-refractivity contribution is 7.99. The molecule has 3 aromatic rings. The van der Waals surface area contributed by atoms with Gasteiger partial charge in [0, 0.05) is 5.69 Å². The minimum Gasteiger partial charge on any atom is -0.325 e. The summed E-state index contributed by atoms with van der Waals surface area (Å²) in [5.74, 6) is 0.237. The predicted octanol–water partition coefficient (Wildman–Crippen LogP) is 3.67. The Hall–Kier alpha value is -2.41. The molecule has 6 nitrogen and oxygen atoms in total. The van der Waals surface area contributed by atoms with Crippen LogP contribution >= 0.6 is 11.8 Å². The van der Waals surface area contributed by atoms with Crippen LogP contribution in [0, 0.1) is 0 Å². The van der Waals surface area contributed by atoms with Crippen molar-refractivity contribution in [1.29, 1.82) is 0 Å². The molecule has 0 bridgehead atoms. The van der Waals surface area contributed by atoms with Crippen LogP contribution < -0.4 is 5.32 Å². The van der Waals surface area contributed by atoms with E-state index in [4.69, 9.17) is 0 Å². The van der Waals surface area contributed by atoms with E-state index >= 15 is 0 Å². The number of hydrogen-bond donors (Lipinski definition) is 1. The SMILES string of the molecule is O=C(CSc1nnnn1C1CCCC1)Nc1ccc2ccccc2c1. The third-order valence-electron chi connectivity index (χ3n) is 4.50. The number of tetrazole rings is 1. The summed E-state index contributed by atoms with van der Waals surface area (Å²) >= 11 is 1.39. The van der Waals surface area contributed by atoms with Crippen molar-refractivity contribution in [3.05, 3.63) is 42.5 Å². The fraction of sp³-hybridized carbons (Fsp3) is 0.333. The maximum atomic E-state index is 12.3. The number of thioether (sulfide) groups is 1. The monoisotopic (exact) mass is 353 g/mol. The van der Waals surface area contributed by atoms with Crippen molar-refractivity contribution in [3.63, 3.8) is 0 Å². The maximum absolute atomic E-state index is 12.3. The Labute approximate surface area is 150 Å². The van der Waals surface area contributed by atoms with E-state index in [9.17, 15) is 4.79 Å². The van der Waals surface area contributed by atoms with Crippen molar-refractivity contribution in [3.8, 4) is 0 Å². The normalized spacial score (nSPS) is 14.9. The number of fused-ring (bicyclic) bond motifs is 1. The molecule has 1 saturated carbocycles. The van der Waals surface area contributed by atoms with Crippen molar-refractivity contribution >= 4 is 34.1 Å². The van der Waals surface area contributed by atoms with Gasteiger partial charge in [-0.25, -0.2) is 4.68 Å². The summed E-state index contributed by atoms with van der Waals surface area (Å²) < 4.78 is 1.88. The van der Waals surface area contributed by atoms with Crippen LogP contribution in [0.2, 0.25) is 0 Å². The van der Waals surface area contributed by atoms with Crippen LogP contribution in [0.4, 0.5) is 5.69 Å². The average molecular weight is 353 g/mol. The highest BCUT2D eigenvalue weighted by Gasteiger charge is 2.22. The first-order valence-electron chi connectivity index (χ1n) is 8.49.